The molecule has 0 radical (unpaired) electrons. The highest BCUT2D eigenvalue weighted by Gasteiger charge is 2.29. The summed E-state index contributed by atoms with van der Waals surface area (Å²) in [6.07, 6.45) is 1.91. The molecule has 132 valence electrons. The highest BCUT2D eigenvalue weighted by molar-refractivity contribution is 6.31. The van der Waals surface area contributed by atoms with E-state index in [1.54, 1.807) is 6.07 Å². The first-order valence-electron chi connectivity index (χ1n) is 8.03. The fourth-order valence-electron chi connectivity index (χ4n) is 2.66. The third kappa shape index (κ3) is 4.48. The number of benzene rings is 1. The number of imide groups is 1. The second-order valence-electron chi connectivity index (χ2n) is 5.85. The Labute approximate surface area is 148 Å². The fourth-order valence-corrected chi connectivity index (χ4v) is 2.83. The van der Waals surface area contributed by atoms with Crippen LogP contribution in [0.1, 0.15) is 25.1 Å². The lowest BCUT2D eigenvalue weighted by Gasteiger charge is -2.07. The molecule has 0 unspecified atom stereocenters. The minimum Gasteiger partial charge on any atom is -0.356 e. The summed E-state index contributed by atoms with van der Waals surface area (Å²) in [7, 11) is 0. The Morgan fingerprint density at radius 1 is 1.32 bits per heavy atom. The topological polar surface area (TPSA) is 116 Å². The average Bonchev–Trinajstić information content (AvgIpc) is 3.11. The van der Waals surface area contributed by atoms with Crippen LogP contribution < -0.4 is 16.0 Å². The lowest BCUT2D eigenvalue weighted by molar-refractivity contribution is -0.122. The second kappa shape index (κ2) is 7.52. The third-order valence-corrected chi connectivity index (χ3v) is 4.16. The Hall–Kier alpha value is -2.61. The van der Waals surface area contributed by atoms with Crippen LogP contribution in [0.5, 0.6) is 0 Å². The van der Waals surface area contributed by atoms with Crippen LogP contribution in [0.3, 0.4) is 0 Å². The lowest BCUT2D eigenvalue weighted by Crippen LogP contribution is -2.32. The van der Waals surface area contributed by atoms with Gasteiger partial charge in [-0.05, 0) is 31.0 Å². The van der Waals surface area contributed by atoms with Gasteiger partial charge in [0.15, 0.2) is 0 Å². The van der Waals surface area contributed by atoms with Crippen molar-refractivity contribution in [2.75, 3.05) is 6.54 Å². The van der Waals surface area contributed by atoms with Crippen LogP contribution in [0, 0.1) is 0 Å². The molecule has 0 bridgehead atoms. The Morgan fingerprint density at radius 3 is 2.92 bits per heavy atom. The molecule has 0 saturated carbocycles. The van der Waals surface area contributed by atoms with Crippen molar-refractivity contribution in [1.29, 1.82) is 0 Å². The summed E-state index contributed by atoms with van der Waals surface area (Å²) in [4.78, 5) is 41.8. The summed E-state index contributed by atoms with van der Waals surface area (Å²) < 4.78 is 0. The van der Waals surface area contributed by atoms with Crippen LogP contribution in [-0.2, 0) is 16.0 Å². The van der Waals surface area contributed by atoms with Crippen LogP contribution in [0.25, 0.3) is 11.0 Å². The van der Waals surface area contributed by atoms with Gasteiger partial charge >= 0.3 is 6.03 Å². The summed E-state index contributed by atoms with van der Waals surface area (Å²) in [5.41, 5.74) is 1.75. The van der Waals surface area contributed by atoms with E-state index in [1.807, 2.05) is 12.1 Å². The molecule has 1 fully saturated rings. The van der Waals surface area contributed by atoms with Gasteiger partial charge in [0.05, 0.1) is 11.0 Å². The zero-order chi connectivity index (χ0) is 17.8. The van der Waals surface area contributed by atoms with E-state index in [0.29, 0.717) is 18.0 Å². The van der Waals surface area contributed by atoms with Gasteiger partial charge in [0.2, 0.25) is 5.91 Å². The highest BCUT2D eigenvalue weighted by atomic mass is 35.5. The summed E-state index contributed by atoms with van der Waals surface area (Å²) in [5.74, 6) is 0.310. The largest absolute Gasteiger partial charge is 0.356 e. The first-order chi connectivity index (χ1) is 12.0. The van der Waals surface area contributed by atoms with Gasteiger partial charge in [-0.25, -0.2) is 9.78 Å². The van der Waals surface area contributed by atoms with Crippen LogP contribution in [0.4, 0.5) is 4.79 Å². The molecule has 25 heavy (non-hydrogen) atoms. The number of aryl methyl sites for hydroxylation is 1. The lowest BCUT2D eigenvalue weighted by atomic mass is 10.1. The molecule has 1 aromatic carbocycles. The maximum absolute atomic E-state index is 11.8. The maximum Gasteiger partial charge on any atom is 0.322 e. The number of halogens is 1. The number of rotatable bonds is 7. The SMILES string of the molecule is O=C(CC[C@@H]1NC(=O)NC1=O)NCCCc1nc2ccc(Cl)cc2[nH]1. The zero-order valence-corrected chi connectivity index (χ0v) is 14.2. The van der Waals surface area contributed by atoms with Crippen molar-refractivity contribution in [2.45, 2.75) is 31.7 Å². The molecular weight excluding hydrogens is 346 g/mol. The number of carbonyl (C=O) groups excluding carboxylic acids is 3. The molecule has 0 spiro atoms. The molecule has 9 heteroatoms. The quantitative estimate of drug-likeness (QED) is 0.437. The molecule has 1 aliphatic heterocycles. The molecule has 4 N–H and O–H groups in total. The van der Waals surface area contributed by atoms with Crippen LogP contribution in [0.15, 0.2) is 18.2 Å². The van der Waals surface area contributed by atoms with Crippen molar-refractivity contribution in [2.24, 2.45) is 0 Å². The predicted molar refractivity (Wildman–Crippen MR) is 92.1 cm³/mol. The number of amides is 4. The van der Waals surface area contributed by atoms with Crippen molar-refractivity contribution in [3.05, 3.63) is 29.0 Å². The number of nitrogens with one attached hydrogen (secondary N) is 4. The van der Waals surface area contributed by atoms with Gasteiger partial charge in [0.1, 0.15) is 11.9 Å². The Balaban J connectivity index is 1.36. The van der Waals surface area contributed by atoms with Crippen LogP contribution >= 0.6 is 11.6 Å². The minimum absolute atomic E-state index is 0.148. The zero-order valence-electron chi connectivity index (χ0n) is 13.4. The molecule has 2 heterocycles. The van der Waals surface area contributed by atoms with Crippen LogP contribution in [0.2, 0.25) is 5.02 Å². The number of aromatic nitrogens is 2. The molecule has 0 aliphatic carbocycles. The molecule has 1 aromatic heterocycles. The van der Waals surface area contributed by atoms with E-state index in [2.05, 4.69) is 25.9 Å². The molecule has 1 atom stereocenters. The third-order valence-electron chi connectivity index (χ3n) is 3.92. The van der Waals surface area contributed by atoms with E-state index >= 15 is 0 Å². The molecule has 8 nitrogen and oxygen atoms in total. The van der Waals surface area contributed by atoms with E-state index < -0.39 is 12.1 Å². The molecule has 2 aromatic rings. The highest BCUT2D eigenvalue weighted by Crippen LogP contribution is 2.17. The first kappa shape index (κ1) is 17.2. The fraction of sp³-hybridized carbons (Fsp3) is 0.375. The maximum atomic E-state index is 11.8. The second-order valence-corrected chi connectivity index (χ2v) is 6.29. The molecular formula is C16H18ClN5O3. The summed E-state index contributed by atoms with van der Waals surface area (Å²) in [5, 5.41) is 8.05. The van der Waals surface area contributed by atoms with E-state index in [9.17, 15) is 14.4 Å². The van der Waals surface area contributed by atoms with Crippen molar-refractivity contribution in [1.82, 2.24) is 25.9 Å². The van der Waals surface area contributed by atoms with E-state index in [0.717, 1.165) is 23.3 Å². The Bertz CT molecular complexity index is 819. The number of hydrogen-bond acceptors (Lipinski definition) is 4. The number of nitrogens with zero attached hydrogens (tertiary/aromatic N) is 1. The number of hydrogen-bond donors (Lipinski definition) is 4. The molecule has 1 saturated heterocycles. The minimum atomic E-state index is -0.624. The Kier molecular flexibility index (Phi) is 5.18. The normalized spacial score (nSPS) is 16.8. The summed E-state index contributed by atoms with van der Waals surface area (Å²) in [6.45, 7) is 0.514. The van der Waals surface area contributed by atoms with Gasteiger partial charge in [0.25, 0.3) is 5.91 Å². The Morgan fingerprint density at radius 2 is 2.16 bits per heavy atom. The van der Waals surface area contributed by atoms with Crippen LogP contribution in [-0.4, -0.2) is 40.4 Å². The molecule has 4 amide bonds. The number of imidazole rings is 1. The van der Waals surface area contributed by atoms with Gasteiger partial charge in [-0.1, -0.05) is 11.6 Å². The standard InChI is InChI=1S/C16H18ClN5O3/c17-9-3-4-10-12(8-9)20-13(19-10)2-1-7-18-14(23)6-5-11-15(24)22-16(25)21-11/h3-4,8,11H,1-2,5-7H2,(H,18,23)(H,19,20)(H2,21,22,24,25)/t11-/m0/s1. The number of H-pyrrole nitrogens is 1. The summed E-state index contributed by atoms with van der Waals surface area (Å²) >= 11 is 5.94. The smallest absolute Gasteiger partial charge is 0.322 e. The predicted octanol–water partition coefficient (Wildman–Crippen LogP) is 1.25. The first-order valence-corrected chi connectivity index (χ1v) is 8.41. The molecule has 3 rings (SSSR count). The number of carbonyl (C=O) groups is 3. The van der Waals surface area contributed by atoms with E-state index in [-0.39, 0.29) is 24.7 Å². The van der Waals surface area contributed by atoms with Crippen molar-refractivity contribution >= 4 is 40.5 Å². The number of aromatic amines is 1. The van der Waals surface area contributed by atoms with E-state index in [4.69, 9.17) is 11.6 Å². The monoisotopic (exact) mass is 363 g/mol. The molecule has 1 aliphatic rings. The van der Waals surface area contributed by atoms with Gasteiger partial charge in [-0.15, -0.1) is 0 Å². The van der Waals surface area contributed by atoms with Crippen molar-refractivity contribution in [3.63, 3.8) is 0 Å². The van der Waals surface area contributed by atoms with Gasteiger partial charge in [-0.2, -0.15) is 0 Å². The van der Waals surface area contributed by atoms with Crippen molar-refractivity contribution in [3.8, 4) is 0 Å². The average molecular weight is 364 g/mol. The van der Waals surface area contributed by atoms with Crippen molar-refractivity contribution < 1.29 is 14.4 Å². The van der Waals surface area contributed by atoms with E-state index in [1.165, 1.54) is 0 Å². The van der Waals surface area contributed by atoms with Gasteiger partial charge in [0, 0.05) is 24.4 Å². The van der Waals surface area contributed by atoms with Gasteiger partial charge in [-0.3, -0.25) is 14.9 Å². The van der Waals surface area contributed by atoms with Gasteiger partial charge < -0.3 is 15.6 Å². The summed E-state index contributed by atoms with van der Waals surface area (Å²) in [6, 6.07) is 4.34. The number of urea groups is 1. The number of fused-ring (bicyclic) bond motifs is 1.